The number of nitrogens with two attached hydrogens (primary N) is 1. The van der Waals surface area contributed by atoms with Crippen molar-refractivity contribution in [3.63, 3.8) is 0 Å². The van der Waals surface area contributed by atoms with E-state index < -0.39 is 0 Å². The fraction of sp³-hybridized carbons (Fsp3) is 0.667. The highest BCUT2D eigenvalue weighted by Crippen LogP contribution is 2.51. The summed E-state index contributed by atoms with van der Waals surface area (Å²) in [6.07, 6.45) is 4.27. The smallest absolute Gasteiger partial charge is 0.268 e. The molecule has 1 aliphatic carbocycles. The minimum absolute atomic E-state index is 0.0164. The topological polar surface area (TPSA) is 60.0 Å². The predicted octanol–water partition coefficient (Wildman–Crippen LogP) is 2.82. The molecule has 4 heteroatoms. The van der Waals surface area contributed by atoms with Gasteiger partial charge >= 0.3 is 0 Å². The third kappa shape index (κ3) is 2.77. The number of hydrogen-bond acceptors (Lipinski definition) is 2. The first kappa shape index (κ1) is 14.0. The van der Waals surface area contributed by atoms with Crippen LogP contribution in [0.5, 0.6) is 0 Å². The minimum atomic E-state index is -0.0164. The zero-order valence-electron chi connectivity index (χ0n) is 12.4. The van der Waals surface area contributed by atoms with E-state index in [0.717, 1.165) is 6.54 Å². The molecule has 0 atom stereocenters. The fourth-order valence-electron chi connectivity index (χ4n) is 2.58. The van der Waals surface area contributed by atoms with Crippen molar-refractivity contribution < 1.29 is 4.79 Å². The third-order valence-corrected chi connectivity index (χ3v) is 4.38. The van der Waals surface area contributed by atoms with Gasteiger partial charge in [0.2, 0.25) is 0 Å². The number of carbonyl (C=O) groups is 1. The highest BCUT2D eigenvalue weighted by atomic mass is 16.1. The number of hydrogen-bond donors (Lipinski definition) is 2. The molecule has 1 saturated carbocycles. The van der Waals surface area contributed by atoms with E-state index >= 15 is 0 Å². The summed E-state index contributed by atoms with van der Waals surface area (Å²) in [5.41, 5.74) is 7.43. The van der Waals surface area contributed by atoms with Crippen LogP contribution >= 0.6 is 0 Å². The van der Waals surface area contributed by atoms with Crippen molar-refractivity contribution in [3.8, 4) is 0 Å². The lowest BCUT2D eigenvalue weighted by atomic mass is 9.92. The lowest BCUT2D eigenvalue weighted by Gasteiger charge is -2.20. The Morgan fingerprint density at radius 3 is 2.53 bits per heavy atom. The quantitative estimate of drug-likeness (QED) is 0.858. The second kappa shape index (κ2) is 4.91. The largest absolute Gasteiger partial charge is 0.397 e. The molecule has 2 rings (SSSR count). The molecule has 106 valence electrons. The normalized spacial score (nSPS) is 16.9. The molecule has 1 aromatic rings. The summed E-state index contributed by atoms with van der Waals surface area (Å²) in [7, 11) is 0. The number of amides is 1. The van der Waals surface area contributed by atoms with Gasteiger partial charge in [0.15, 0.2) is 0 Å². The molecule has 0 radical (unpaired) electrons. The van der Waals surface area contributed by atoms with Crippen LogP contribution in [0.15, 0.2) is 12.3 Å². The van der Waals surface area contributed by atoms with Crippen LogP contribution in [0.1, 0.15) is 57.1 Å². The monoisotopic (exact) mass is 263 g/mol. The van der Waals surface area contributed by atoms with E-state index in [2.05, 4.69) is 19.2 Å². The number of carbonyl (C=O) groups excluding carboxylic acids is 1. The van der Waals surface area contributed by atoms with Crippen LogP contribution in [0.2, 0.25) is 0 Å². The molecule has 3 N–H and O–H groups in total. The highest BCUT2D eigenvalue weighted by Gasteiger charge is 2.45. The number of nitrogen functional groups attached to an aromatic ring is 1. The van der Waals surface area contributed by atoms with Gasteiger partial charge in [-0.3, -0.25) is 4.79 Å². The average molecular weight is 263 g/mol. The molecule has 1 fully saturated rings. The summed E-state index contributed by atoms with van der Waals surface area (Å²) in [6.45, 7) is 9.33. The Morgan fingerprint density at radius 1 is 1.42 bits per heavy atom. The molecule has 0 aromatic carbocycles. The molecule has 1 aromatic heterocycles. The second-order valence-electron chi connectivity index (χ2n) is 6.36. The van der Waals surface area contributed by atoms with Crippen molar-refractivity contribution in [2.45, 2.75) is 46.6 Å². The van der Waals surface area contributed by atoms with Gasteiger partial charge in [0, 0.05) is 18.8 Å². The Hall–Kier alpha value is -1.45. The summed E-state index contributed by atoms with van der Waals surface area (Å²) in [6, 6.07) is 1.99. The minimum Gasteiger partial charge on any atom is -0.397 e. The summed E-state index contributed by atoms with van der Waals surface area (Å²) in [5.74, 6) is 0.604. The van der Waals surface area contributed by atoms with Gasteiger partial charge in [-0.25, -0.2) is 0 Å². The van der Waals surface area contributed by atoms with Gasteiger partial charge in [0.1, 0.15) is 5.69 Å². The van der Waals surface area contributed by atoms with Gasteiger partial charge in [-0.2, -0.15) is 0 Å². The van der Waals surface area contributed by atoms with Gasteiger partial charge in [-0.05, 0) is 44.1 Å². The lowest BCUT2D eigenvalue weighted by Crippen LogP contribution is -2.33. The van der Waals surface area contributed by atoms with Gasteiger partial charge in [0.25, 0.3) is 5.91 Å². The Morgan fingerprint density at radius 2 is 2.05 bits per heavy atom. The summed E-state index contributed by atoms with van der Waals surface area (Å²) < 4.78 is 1.93. The summed E-state index contributed by atoms with van der Waals surface area (Å²) >= 11 is 0. The van der Waals surface area contributed by atoms with E-state index in [-0.39, 0.29) is 11.9 Å². The van der Waals surface area contributed by atoms with Crippen LogP contribution in [0.4, 0.5) is 5.69 Å². The van der Waals surface area contributed by atoms with Crippen molar-refractivity contribution >= 4 is 11.6 Å². The molecule has 1 aliphatic rings. The van der Waals surface area contributed by atoms with E-state index in [9.17, 15) is 4.79 Å². The molecule has 0 aliphatic heterocycles. The highest BCUT2D eigenvalue weighted by molar-refractivity contribution is 5.93. The zero-order valence-corrected chi connectivity index (χ0v) is 12.4. The van der Waals surface area contributed by atoms with Crippen LogP contribution in [-0.4, -0.2) is 17.0 Å². The van der Waals surface area contributed by atoms with Crippen LogP contribution < -0.4 is 11.1 Å². The average Bonchev–Trinajstić information content (AvgIpc) is 3.02. The van der Waals surface area contributed by atoms with Crippen molar-refractivity contribution in [1.29, 1.82) is 0 Å². The molecule has 1 amide bonds. The lowest BCUT2D eigenvalue weighted by molar-refractivity contribution is 0.0929. The Bertz CT molecular complexity index is 470. The zero-order chi connectivity index (χ0) is 14.2. The maximum atomic E-state index is 12.3. The van der Waals surface area contributed by atoms with Crippen molar-refractivity contribution in [3.05, 3.63) is 18.0 Å². The number of rotatable bonds is 5. The van der Waals surface area contributed by atoms with Gasteiger partial charge in [0.05, 0.1) is 5.69 Å². The molecule has 4 nitrogen and oxygen atoms in total. The van der Waals surface area contributed by atoms with Crippen LogP contribution in [0.3, 0.4) is 0 Å². The van der Waals surface area contributed by atoms with Crippen molar-refractivity contribution in [2.75, 3.05) is 12.3 Å². The molecule has 0 spiro atoms. The number of nitrogens with zero attached hydrogens (tertiary/aromatic N) is 1. The Kier molecular flexibility index (Phi) is 3.61. The fourth-order valence-corrected chi connectivity index (χ4v) is 2.58. The maximum Gasteiger partial charge on any atom is 0.268 e. The van der Waals surface area contributed by atoms with E-state index in [0.29, 0.717) is 22.7 Å². The Balaban J connectivity index is 2.04. The molecule has 0 bridgehead atoms. The summed E-state index contributed by atoms with van der Waals surface area (Å²) in [5, 5.41) is 3.08. The second-order valence-corrected chi connectivity index (χ2v) is 6.36. The number of aromatic nitrogens is 1. The number of nitrogens with one attached hydrogen (secondary N) is 1. The molecule has 0 saturated heterocycles. The molecule has 0 unspecified atom stereocenters. The van der Waals surface area contributed by atoms with Gasteiger partial charge < -0.3 is 15.6 Å². The predicted molar refractivity (Wildman–Crippen MR) is 78.1 cm³/mol. The Labute approximate surface area is 115 Å². The SMILES string of the molecule is CC(C)n1cc(N)cc1C(=O)NCC1(C(C)C)CC1. The molecular weight excluding hydrogens is 238 g/mol. The summed E-state index contributed by atoms with van der Waals surface area (Å²) in [4.78, 5) is 12.3. The van der Waals surface area contributed by atoms with Crippen LogP contribution in [-0.2, 0) is 0 Å². The standard InChI is InChI=1S/C15H25N3O/c1-10(2)15(5-6-15)9-17-14(19)13-7-12(16)8-18(13)11(3)4/h7-8,10-11H,5-6,9,16H2,1-4H3,(H,17,19). The molecule has 19 heavy (non-hydrogen) atoms. The number of anilines is 1. The third-order valence-electron chi connectivity index (χ3n) is 4.38. The van der Waals surface area contributed by atoms with Crippen molar-refractivity contribution in [1.82, 2.24) is 9.88 Å². The first-order valence-corrected chi connectivity index (χ1v) is 7.11. The first-order chi connectivity index (χ1) is 8.85. The van der Waals surface area contributed by atoms with Gasteiger partial charge in [-0.15, -0.1) is 0 Å². The molecular formula is C15H25N3O. The van der Waals surface area contributed by atoms with E-state index in [1.165, 1.54) is 12.8 Å². The molecule has 1 heterocycles. The van der Waals surface area contributed by atoms with Gasteiger partial charge in [-0.1, -0.05) is 13.8 Å². The van der Waals surface area contributed by atoms with E-state index in [1.807, 2.05) is 24.6 Å². The first-order valence-electron chi connectivity index (χ1n) is 7.11. The van der Waals surface area contributed by atoms with E-state index in [4.69, 9.17) is 5.73 Å². The maximum absolute atomic E-state index is 12.3. The van der Waals surface area contributed by atoms with Crippen LogP contribution in [0, 0.1) is 11.3 Å². The van der Waals surface area contributed by atoms with E-state index in [1.54, 1.807) is 6.07 Å². The van der Waals surface area contributed by atoms with Crippen LogP contribution in [0.25, 0.3) is 0 Å². The van der Waals surface area contributed by atoms with Crippen molar-refractivity contribution in [2.24, 2.45) is 11.3 Å².